The Morgan fingerprint density at radius 1 is 0.952 bits per heavy atom. The van der Waals surface area contributed by atoms with Gasteiger partial charge in [0.2, 0.25) is 0 Å². The summed E-state index contributed by atoms with van der Waals surface area (Å²) in [5.74, 6) is 0. The molecule has 0 amide bonds. The van der Waals surface area contributed by atoms with Crippen LogP contribution >= 0.6 is 0 Å². The van der Waals surface area contributed by atoms with Gasteiger partial charge in [0.25, 0.3) is 0 Å². The summed E-state index contributed by atoms with van der Waals surface area (Å²) in [4.78, 5) is -0.0851. The van der Waals surface area contributed by atoms with Gasteiger partial charge in [0, 0.05) is 0 Å². The Bertz CT molecular complexity index is 530. The number of quaternary nitrogens is 1. The van der Waals surface area contributed by atoms with Crippen molar-refractivity contribution in [3.8, 4) is 0 Å². The van der Waals surface area contributed by atoms with Crippen LogP contribution in [0.3, 0.4) is 0 Å². The number of rotatable bonds is 4. The van der Waals surface area contributed by atoms with Crippen LogP contribution in [0.4, 0.5) is 0 Å². The van der Waals surface area contributed by atoms with E-state index in [0.717, 1.165) is 5.56 Å². The van der Waals surface area contributed by atoms with Crippen LogP contribution in [0.5, 0.6) is 0 Å². The number of benzene rings is 1. The molecule has 0 saturated carbocycles. The molecule has 21 heavy (non-hydrogen) atoms. The second-order valence-electron chi connectivity index (χ2n) is 5.75. The first-order valence-electron chi connectivity index (χ1n) is 7.38. The van der Waals surface area contributed by atoms with Crippen LogP contribution < -0.4 is 0 Å². The maximum absolute atomic E-state index is 10.8. The molecule has 0 atom stereocenters. The van der Waals surface area contributed by atoms with Gasteiger partial charge >= 0.3 is 0 Å². The highest BCUT2D eigenvalue weighted by atomic mass is 32.2. The van der Waals surface area contributed by atoms with Crippen LogP contribution in [-0.4, -0.2) is 44.1 Å². The molecule has 5 heteroatoms. The minimum Gasteiger partial charge on any atom is -0.744 e. The quantitative estimate of drug-likeness (QED) is 0.634. The van der Waals surface area contributed by atoms with Gasteiger partial charge in [-0.05, 0) is 52.7 Å². The Balaban J connectivity index is 0.000000433. The summed E-state index contributed by atoms with van der Waals surface area (Å²) in [5.41, 5.74) is 2.00. The Morgan fingerprint density at radius 3 is 1.48 bits per heavy atom. The van der Waals surface area contributed by atoms with E-state index in [-0.39, 0.29) is 4.90 Å². The summed E-state index contributed by atoms with van der Waals surface area (Å²) in [7, 11) is -2.04. The number of hydrogen-bond acceptors (Lipinski definition) is 3. The molecule has 0 radical (unpaired) electrons. The molecule has 0 unspecified atom stereocenters. The van der Waals surface area contributed by atoms with Gasteiger partial charge in [-0.3, -0.25) is 0 Å². The molecule has 1 rings (SSSR count). The lowest BCUT2D eigenvalue weighted by Crippen LogP contribution is -2.42. The summed E-state index contributed by atoms with van der Waals surface area (Å²) < 4.78 is 33.7. The second kappa shape index (κ2) is 7.92. The standard InChI is InChI=1S/C9H12O3S.C7H18N/c1-6-4-7(2)9(8(3)5-6)13(10,11)12;1-5-8(4,6-2)7-3/h4-5H,1-3H3,(H,10,11,12);5-7H2,1-4H3/q;+1/p-1. The molecule has 0 aliphatic rings. The van der Waals surface area contributed by atoms with Gasteiger partial charge in [0.1, 0.15) is 10.1 Å². The lowest BCUT2D eigenvalue weighted by molar-refractivity contribution is -0.904. The van der Waals surface area contributed by atoms with E-state index in [4.69, 9.17) is 0 Å². The second-order valence-corrected chi connectivity index (χ2v) is 7.07. The monoisotopic (exact) mass is 315 g/mol. The van der Waals surface area contributed by atoms with Crippen LogP contribution in [-0.2, 0) is 10.1 Å². The third kappa shape index (κ3) is 6.16. The molecule has 0 N–H and O–H groups in total. The number of hydrogen-bond donors (Lipinski definition) is 0. The zero-order chi connectivity index (χ0) is 16.8. The fourth-order valence-corrected chi connectivity index (χ4v) is 3.14. The molecule has 4 nitrogen and oxygen atoms in total. The molecule has 0 fully saturated rings. The summed E-state index contributed by atoms with van der Waals surface area (Å²) in [6.07, 6.45) is 0. The first kappa shape index (κ1) is 20.1. The molecule has 0 heterocycles. The first-order chi connectivity index (χ1) is 9.50. The fraction of sp³-hybridized carbons (Fsp3) is 0.625. The van der Waals surface area contributed by atoms with E-state index in [0.29, 0.717) is 11.1 Å². The van der Waals surface area contributed by atoms with Crippen molar-refractivity contribution in [1.82, 2.24) is 0 Å². The third-order valence-corrected chi connectivity index (χ3v) is 5.29. The summed E-state index contributed by atoms with van der Waals surface area (Å²) in [6, 6.07) is 3.38. The molecule has 0 saturated heterocycles. The van der Waals surface area contributed by atoms with Gasteiger partial charge in [0.05, 0.1) is 31.6 Å². The van der Waals surface area contributed by atoms with E-state index in [1.54, 1.807) is 26.0 Å². The largest absolute Gasteiger partial charge is 0.744 e. The molecule has 0 bridgehead atoms. The molecule has 0 aliphatic carbocycles. The minimum absolute atomic E-state index is 0.0851. The molecule has 0 aromatic heterocycles. The van der Waals surface area contributed by atoms with E-state index in [1.807, 2.05) is 6.92 Å². The van der Waals surface area contributed by atoms with Gasteiger partial charge in [-0.2, -0.15) is 0 Å². The summed E-state index contributed by atoms with van der Waals surface area (Å²) in [6.45, 7) is 15.6. The van der Waals surface area contributed by atoms with Crippen molar-refractivity contribution in [3.63, 3.8) is 0 Å². The topological polar surface area (TPSA) is 57.2 Å². The van der Waals surface area contributed by atoms with Gasteiger partial charge in [0.15, 0.2) is 0 Å². The Kier molecular flexibility index (Phi) is 7.57. The van der Waals surface area contributed by atoms with E-state index >= 15 is 0 Å². The van der Waals surface area contributed by atoms with Crippen molar-refractivity contribution in [2.45, 2.75) is 46.4 Å². The maximum atomic E-state index is 10.8. The van der Waals surface area contributed by atoms with Crippen molar-refractivity contribution in [1.29, 1.82) is 0 Å². The molecule has 0 spiro atoms. The summed E-state index contributed by atoms with van der Waals surface area (Å²) >= 11 is 0. The van der Waals surface area contributed by atoms with E-state index in [2.05, 4.69) is 27.8 Å². The highest BCUT2D eigenvalue weighted by Gasteiger charge is 2.11. The zero-order valence-corrected chi connectivity index (χ0v) is 15.2. The van der Waals surface area contributed by atoms with Gasteiger partial charge in [-0.1, -0.05) is 17.7 Å². The van der Waals surface area contributed by atoms with Crippen LogP contribution in [0.25, 0.3) is 0 Å². The molecular weight excluding hydrogens is 286 g/mol. The van der Waals surface area contributed by atoms with E-state index in [1.165, 1.54) is 24.1 Å². The highest BCUT2D eigenvalue weighted by molar-refractivity contribution is 7.85. The van der Waals surface area contributed by atoms with Crippen molar-refractivity contribution in [2.75, 3.05) is 26.7 Å². The number of nitrogens with zero attached hydrogens (tertiary/aromatic N) is 1. The van der Waals surface area contributed by atoms with Crippen molar-refractivity contribution in [3.05, 3.63) is 28.8 Å². The maximum Gasteiger partial charge on any atom is 0.124 e. The molecule has 122 valence electrons. The lowest BCUT2D eigenvalue weighted by atomic mass is 10.1. The van der Waals surface area contributed by atoms with Gasteiger partial charge in [-0.15, -0.1) is 0 Å². The van der Waals surface area contributed by atoms with Crippen molar-refractivity contribution >= 4 is 10.1 Å². The molecule has 1 aromatic carbocycles. The van der Waals surface area contributed by atoms with Crippen molar-refractivity contribution < 1.29 is 17.5 Å². The van der Waals surface area contributed by atoms with Gasteiger partial charge < -0.3 is 9.04 Å². The predicted molar refractivity (Wildman–Crippen MR) is 86.4 cm³/mol. The normalized spacial score (nSPS) is 11.8. The van der Waals surface area contributed by atoms with E-state index < -0.39 is 10.1 Å². The minimum atomic E-state index is -4.33. The first-order valence-corrected chi connectivity index (χ1v) is 8.78. The third-order valence-electron chi connectivity index (χ3n) is 4.14. The van der Waals surface area contributed by atoms with Gasteiger partial charge in [-0.25, -0.2) is 8.42 Å². The average Bonchev–Trinajstić information content (AvgIpc) is 2.35. The zero-order valence-electron chi connectivity index (χ0n) is 14.4. The lowest BCUT2D eigenvalue weighted by Gasteiger charge is -2.30. The number of aryl methyl sites for hydroxylation is 3. The Hall–Kier alpha value is -0.910. The van der Waals surface area contributed by atoms with E-state index in [9.17, 15) is 13.0 Å². The molecule has 0 aliphatic heterocycles. The van der Waals surface area contributed by atoms with Crippen LogP contribution in [0, 0.1) is 20.8 Å². The fourth-order valence-electron chi connectivity index (χ4n) is 2.23. The SMILES string of the molecule is CC[N+](C)(CC)CC.Cc1cc(C)c(S(=O)(=O)[O-])c(C)c1. The van der Waals surface area contributed by atoms with Crippen molar-refractivity contribution in [2.24, 2.45) is 0 Å². The predicted octanol–water partition coefficient (Wildman–Crippen LogP) is 3.01. The Labute approximate surface area is 130 Å². The van der Waals surface area contributed by atoms with Crippen LogP contribution in [0.1, 0.15) is 37.5 Å². The average molecular weight is 315 g/mol. The highest BCUT2D eigenvalue weighted by Crippen LogP contribution is 2.20. The summed E-state index contributed by atoms with van der Waals surface area (Å²) in [5, 5.41) is 0. The molecular formula is C16H29NO3S. The van der Waals surface area contributed by atoms with Crippen LogP contribution in [0.2, 0.25) is 0 Å². The molecule has 1 aromatic rings. The smallest absolute Gasteiger partial charge is 0.124 e. The van der Waals surface area contributed by atoms with Crippen LogP contribution in [0.15, 0.2) is 17.0 Å². The Morgan fingerprint density at radius 2 is 1.29 bits per heavy atom.